The Morgan fingerprint density at radius 3 is 2.84 bits per heavy atom. The number of para-hydroxylation sites is 1. The molecule has 0 spiro atoms. The number of carboxylic acids is 1. The summed E-state index contributed by atoms with van der Waals surface area (Å²) >= 11 is 0. The minimum absolute atomic E-state index is 0.189. The fourth-order valence-corrected chi connectivity index (χ4v) is 3.36. The minimum Gasteiger partial charge on any atom is -0.481 e. The van der Waals surface area contributed by atoms with Gasteiger partial charge in [-0.2, -0.15) is 0 Å². The van der Waals surface area contributed by atoms with E-state index in [0.717, 1.165) is 23.1 Å². The number of carbonyl (C=O) groups excluding carboxylic acids is 1. The predicted molar refractivity (Wildman–Crippen MR) is 91.5 cm³/mol. The fraction of sp³-hybridized carbons (Fsp3) is 0.263. The van der Waals surface area contributed by atoms with Crippen LogP contribution in [0.15, 0.2) is 47.1 Å². The number of aromatic nitrogens is 1. The molecule has 6 heteroatoms. The van der Waals surface area contributed by atoms with Gasteiger partial charge in [0.05, 0.1) is 12.7 Å². The van der Waals surface area contributed by atoms with E-state index in [1.807, 2.05) is 36.4 Å². The standard InChI is InChI=1S/C19H18N2O4/c22-17(23)9-14-12-4-1-2-5-15(12)21-18(14)19(24)20-10-11-8-13(11)16-6-3-7-25-16/h1-7,11,13,21H,8-10H2,(H,20,24)(H,22,23)/t11-,13+/m0/s1. The van der Waals surface area contributed by atoms with Gasteiger partial charge in [0.2, 0.25) is 0 Å². The molecule has 0 unspecified atom stereocenters. The molecule has 2 atom stereocenters. The number of aromatic amines is 1. The molecule has 128 valence electrons. The van der Waals surface area contributed by atoms with Gasteiger partial charge in [-0.3, -0.25) is 9.59 Å². The number of rotatable bonds is 6. The van der Waals surface area contributed by atoms with E-state index in [1.54, 1.807) is 6.26 Å². The molecule has 1 aliphatic rings. The summed E-state index contributed by atoms with van der Waals surface area (Å²) in [7, 11) is 0. The Morgan fingerprint density at radius 2 is 2.08 bits per heavy atom. The van der Waals surface area contributed by atoms with Gasteiger partial charge in [-0.05, 0) is 30.5 Å². The maximum atomic E-state index is 12.6. The lowest BCUT2D eigenvalue weighted by molar-refractivity contribution is -0.136. The van der Waals surface area contributed by atoms with E-state index in [0.29, 0.717) is 29.6 Å². The van der Waals surface area contributed by atoms with Crippen LogP contribution in [-0.4, -0.2) is 28.5 Å². The summed E-state index contributed by atoms with van der Waals surface area (Å²) in [4.78, 5) is 26.8. The van der Waals surface area contributed by atoms with E-state index in [1.165, 1.54) is 0 Å². The van der Waals surface area contributed by atoms with Crippen LogP contribution in [0, 0.1) is 5.92 Å². The third-order valence-electron chi connectivity index (χ3n) is 4.72. The van der Waals surface area contributed by atoms with Crippen molar-refractivity contribution in [2.75, 3.05) is 6.54 Å². The number of benzene rings is 1. The van der Waals surface area contributed by atoms with Crippen LogP contribution in [0.5, 0.6) is 0 Å². The Labute approximate surface area is 143 Å². The second-order valence-corrected chi connectivity index (χ2v) is 6.42. The van der Waals surface area contributed by atoms with Crippen LogP contribution in [0.4, 0.5) is 0 Å². The van der Waals surface area contributed by atoms with Crippen molar-refractivity contribution >= 4 is 22.8 Å². The monoisotopic (exact) mass is 338 g/mol. The molecule has 6 nitrogen and oxygen atoms in total. The number of carboxylic acid groups (broad SMARTS) is 1. The van der Waals surface area contributed by atoms with Crippen molar-refractivity contribution in [2.24, 2.45) is 5.92 Å². The molecule has 2 heterocycles. The number of furan rings is 1. The Balaban J connectivity index is 1.49. The van der Waals surface area contributed by atoms with Gasteiger partial charge in [0.1, 0.15) is 11.5 Å². The summed E-state index contributed by atoms with van der Waals surface area (Å²) in [5.41, 5.74) is 1.63. The number of nitrogens with one attached hydrogen (secondary N) is 2. The van der Waals surface area contributed by atoms with Crippen molar-refractivity contribution in [3.63, 3.8) is 0 Å². The normalized spacial score (nSPS) is 19.0. The molecule has 3 aromatic rings. The van der Waals surface area contributed by atoms with Crippen LogP contribution < -0.4 is 5.32 Å². The maximum absolute atomic E-state index is 12.6. The van der Waals surface area contributed by atoms with Gasteiger partial charge in [0.15, 0.2) is 0 Å². The van der Waals surface area contributed by atoms with Gasteiger partial charge in [-0.25, -0.2) is 0 Å². The van der Waals surface area contributed by atoms with E-state index in [4.69, 9.17) is 9.52 Å². The van der Waals surface area contributed by atoms with Gasteiger partial charge in [-0.1, -0.05) is 18.2 Å². The van der Waals surface area contributed by atoms with Crippen LogP contribution in [0.1, 0.15) is 34.2 Å². The van der Waals surface area contributed by atoms with Gasteiger partial charge < -0.3 is 19.8 Å². The Morgan fingerprint density at radius 1 is 1.24 bits per heavy atom. The lowest BCUT2D eigenvalue weighted by Crippen LogP contribution is -2.27. The molecule has 0 saturated heterocycles. The van der Waals surface area contributed by atoms with Crippen LogP contribution in [0.2, 0.25) is 0 Å². The predicted octanol–water partition coefficient (Wildman–Crippen LogP) is 2.92. The number of amides is 1. The Hall–Kier alpha value is -3.02. The van der Waals surface area contributed by atoms with E-state index in [9.17, 15) is 9.59 Å². The first-order chi connectivity index (χ1) is 12.1. The summed E-state index contributed by atoms with van der Waals surface area (Å²) in [6.45, 7) is 0.548. The Kier molecular flexibility index (Phi) is 3.80. The average Bonchev–Trinajstić information content (AvgIpc) is 3.02. The third-order valence-corrected chi connectivity index (χ3v) is 4.72. The molecular weight excluding hydrogens is 320 g/mol. The van der Waals surface area contributed by atoms with Crippen LogP contribution in [0.3, 0.4) is 0 Å². The summed E-state index contributed by atoms with van der Waals surface area (Å²) in [6.07, 6.45) is 2.46. The number of hydrogen-bond donors (Lipinski definition) is 3. The molecule has 4 rings (SSSR count). The molecule has 1 aliphatic carbocycles. The zero-order valence-electron chi connectivity index (χ0n) is 13.5. The highest BCUT2D eigenvalue weighted by Gasteiger charge is 2.40. The van der Waals surface area contributed by atoms with Gasteiger partial charge in [-0.15, -0.1) is 0 Å². The van der Waals surface area contributed by atoms with Crippen LogP contribution in [-0.2, 0) is 11.2 Å². The Bertz CT molecular complexity index is 926. The molecule has 0 radical (unpaired) electrons. The molecule has 1 saturated carbocycles. The SMILES string of the molecule is O=C(O)Cc1c(C(=O)NC[C@@H]2C[C@H]2c2ccco2)[nH]c2ccccc12. The van der Waals surface area contributed by atoms with E-state index >= 15 is 0 Å². The number of hydrogen-bond acceptors (Lipinski definition) is 3. The molecule has 1 aromatic carbocycles. The largest absolute Gasteiger partial charge is 0.481 e. The van der Waals surface area contributed by atoms with Crippen molar-refractivity contribution in [3.8, 4) is 0 Å². The fourth-order valence-electron chi connectivity index (χ4n) is 3.36. The van der Waals surface area contributed by atoms with Gasteiger partial charge >= 0.3 is 5.97 Å². The first-order valence-corrected chi connectivity index (χ1v) is 8.26. The highest BCUT2D eigenvalue weighted by molar-refractivity contribution is 6.02. The first-order valence-electron chi connectivity index (χ1n) is 8.26. The quantitative estimate of drug-likeness (QED) is 0.644. The van der Waals surface area contributed by atoms with Crippen molar-refractivity contribution in [3.05, 3.63) is 59.7 Å². The van der Waals surface area contributed by atoms with Crippen LogP contribution >= 0.6 is 0 Å². The van der Waals surface area contributed by atoms with Crippen molar-refractivity contribution < 1.29 is 19.1 Å². The smallest absolute Gasteiger partial charge is 0.307 e. The average molecular weight is 338 g/mol. The summed E-state index contributed by atoms with van der Waals surface area (Å²) in [5.74, 6) is 0.451. The molecule has 3 N–H and O–H groups in total. The lowest BCUT2D eigenvalue weighted by atomic mass is 10.1. The summed E-state index contributed by atoms with van der Waals surface area (Å²) < 4.78 is 5.40. The molecular formula is C19H18N2O4. The summed E-state index contributed by atoms with van der Waals surface area (Å²) in [6, 6.07) is 11.2. The molecule has 0 aliphatic heterocycles. The van der Waals surface area contributed by atoms with Crippen molar-refractivity contribution in [1.29, 1.82) is 0 Å². The highest BCUT2D eigenvalue weighted by atomic mass is 16.4. The summed E-state index contributed by atoms with van der Waals surface area (Å²) in [5, 5.41) is 12.9. The second-order valence-electron chi connectivity index (χ2n) is 6.42. The topological polar surface area (TPSA) is 95.3 Å². The number of aliphatic carboxylic acids is 1. The third kappa shape index (κ3) is 3.03. The lowest BCUT2D eigenvalue weighted by Gasteiger charge is -2.05. The molecule has 0 bridgehead atoms. The maximum Gasteiger partial charge on any atom is 0.307 e. The number of H-pyrrole nitrogens is 1. The minimum atomic E-state index is -0.959. The second kappa shape index (κ2) is 6.12. The van der Waals surface area contributed by atoms with E-state index in [2.05, 4.69) is 10.3 Å². The highest BCUT2D eigenvalue weighted by Crippen LogP contribution is 2.47. The van der Waals surface area contributed by atoms with Crippen molar-refractivity contribution in [2.45, 2.75) is 18.8 Å². The zero-order valence-corrected chi connectivity index (χ0v) is 13.5. The van der Waals surface area contributed by atoms with Crippen LogP contribution in [0.25, 0.3) is 10.9 Å². The number of carbonyl (C=O) groups is 2. The van der Waals surface area contributed by atoms with E-state index in [-0.39, 0.29) is 12.3 Å². The van der Waals surface area contributed by atoms with E-state index < -0.39 is 5.97 Å². The van der Waals surface area contributed by atoms with Gasteiger partial charge in [0.25, 0.3) is 5.91 Å². The molecule has 2 aromatic heterocycles. The van der Waals surface area contributed by atoms with Crippen molar-refractivity contribution in [1.82, 2.24) is 10.3 Å². The molecule has 25 heavy (non-hydrogen) atoms. The molecule has 1 amide bonds. The molecule has 1 fully saturated rings. The number of fused-ring (bicyclic) bond motifs is 1. The zero-order chi connectivity index (χ0) is 17.4. The van der Waals surface area contributed by atoms with Gasteiger partial charge in [0, 0.05) is 28.9 Å². The first kappa shape index (κ1) is 15.5.